The number of benzene rings is 3. The number of allylic oxidation sites excluding steroid dienone is 1. The fourth-order valence-electron chi connectivity index (χ4n) is 3.66. The van der Waals surface area contributed by atoms with Gasteiger partial charge in [0, 0.05) is 0 Å². The average Bonchev–Trinajstić information content (AvgIpc) is 2.77. The maximum absolute atomic E-state index is 6.59. The minimum absolute atomic E-state index is 0.0333. The first kappa shape index (κ1) is 18.5. The Bertz CT molecular complexity index is 766. The van der Waals surface area contributed by atoms with E-state index < -0.39 is 18.8 Å². The van der Waals surface area contributed by atoms with Crippen LogP contribution in [0.15, 0.2) is 103 Å². The molecule has 3 aromatic carbocycles. The van der Waals surface area contributed by atoms with E-state index in [0.717, 1.165) is 19.3 Å². The first-order valence-corrected chi connectivity index (χ1v) is 15.0. The molecule has 3 aromatic rings. The van der Waals surface area contributed by atoms with Gasteiger partial charge in [0.2, 0.25) is 0 Å². The molecule has 0 bridgehead atoms. The quantitative estimate of drug-likeness (QED) is 0.240. The van der Waals surface area contributed by atoms with Gasteiger partial charge in [-0.3, -0.25) is 0 Å². The van der Waals surface area contributed by atoms with Gasteiger partial charge in [0.15, 0.2) is 0 Å². The zero-order valence-corrected chi connectivity index (χ0v) is 18.2. The van der Waals surface area contributed by atoms with Crippen molar-refractivity contribution in [3.05, 3.63) is 103 Å². The molecule has 1 aliphatic carbocycles. The molecule has 0 amide bonds. The summed E-state index contributed by atoms with van der Waals surface area (Å²) in [6, 6.07) is 31.9. The van der Waals surface area contributed by atoms with Crippen molar-refractivity contribution < 1.29 is 8.11 Å². The first-order chi connectivity index (χ1) is 13.4. The Morgan fingerprint density at radius 2 is 1.15 bits per heavy atom. The van der Waals surface area contributed by atoms with E-state index in [1.165, 1.54) is 10.7 Å². The molecule has 3 heteroatoms. The molecule has 1 aliphatic rings. The molecule has 0 saturated heterocycles. The summed E-state index contributed by atoms with van der Waals surface area (Å²) in [7, 11) is 0. The molecule has 0 fully saturated rings. The molecular weight excluding hydrogens is 439 g/mol. The standard InChI is InChI=1S/C6H10O2.3C6H5.Sn/c7-8-6-4-2-1-3-5-6;3*1-2-4-6-5-3-1;/h2,4,6-7H,1,3,5H2;3*1-5H;/q;;;;+1/p-1. The van der Waals surface area contributed by atoms with Crippen molar-refractivity contribution in [2.45, 2.75) is 25.4 Å². The summed E-state index contributed by atoms with van der Waals surface area (Å²) in [5, 5.41) is 0. The summed E-state index contributed by atoms with van der Waals surface area (Å²) in [6.45, 7) is 0. The van der Waals surface area contributed by atoms with Crippen molar-refractivity contribution in [1.29, 1.82) is 0 Å². The third-order valence-electron chi connectivity index (χ3n) is 5.05. The van der Waals surface area contributed by atoms with Crippen molar-refractivity contribution in [2.75, 3.05) is 0 Å². The van der Waals surface area contributed by atoms with Gasteiger partial charge < -0.3 is 0 Å². The Morgan fingerprint density at radius 1 is 0.667 bits per heavy atom. The maximum atomic E-state index is 6.59. The monoisotopic (exact) mass is 464 g/mol. The summed E-state index contributed by atoms with van der Waals surface area (Å²) in [6.07, 6.45) is 7.66. The van der Waals surface area contributed by atoms with Crippen LogP contribution in [0.2, 0.25) is 0 Å². The molecule has 4 rings (SSSR count). The Hall–Kier alpha value is -1.88. The fourth-order valence-corrected chi connectivity index (χ4v) is 13.8. The molecule has 136 valence electrons. The Morgan fingerprint density at radius 3 is 1.56 bits per heavy atom. The molecule has 0 radical (unpaired) electrons. The van der Waals surface area contributed by atoms with E-state index in [-0.39, 0.29) is 6.10 Å². The summed E-state index contributed by atoms with van der Waals surface area (Å²) in [5.41, 5.74) is 0. The van der Waals surface area contributed by atoms with E-state index in [1.54, 1.807) is 0 Å². The van der Waals surface area contributed by atoms with E-state index in [0.29, 0.717) is 0 Å². The van der Waals surface area contributed by atoms with Crippen molar-refractivity contribution in [1.82, 2.24) is 0 Å². The molecule has 27 heavy (non-hydrogen) atoms. The molecule has 0 aliphatic heterocycles. The van der Waals surface area contributed by atoms with Gasteiger partial charge in [-0.15, -0.1) is 0 Å². The van der Waals surface area contributed by atoms with Crippen molar-refractivity contribution >= 4 is 29.5 Å². The van der Waals surface area contributed by atoms with E-state index in [2.05, 4.69) is 103 Å². The van der Waals surface area contributed by atoms with Crippen molar-refractivity contribution in [3.63, 3.8) is 0 Å². The van der Waals surface area contributed by atoms with Gasteiger partial charge in [-0.2, -0.15) is 0 Å². The molecule has 0 N–H and O–H groups in total. The van der Waals surface area contributed by atoms with Crippen LogP contribution in [0.3, 0.4) is 0 Å². The summed E-state index contributed by atoms with van der Waals surface area (Å²) < 4.78 is 10.3. The predicted molar refractivity (Wildman–Crippen MR) is 113 cm³/mol. The molecule has 0 spiro atoms. The fraction of sp³-hybridized carbons (Fsp3) is 0.167. The van der Waals surface area contributed by atoms with Crippen LogP contribution < -0.4 is 10.7 Å². The zero-order chi connectivity index (χ0) is 18.4. The Balaban J connectivity index is 1.83. The normalized spacial score (nSPS) is 17.0. The van der Waals surface area contributed by atoms with E-state index in [1.807, 2.05) is 0 Å². The molecule has 1 atom stereocenters. The van der Waals surface area contributed by atoms with Crippen LogP contribution >= 0.6 is 0 Å². The zero-order valence-electron chi connectivity index (χ0n) is 15.3. The van der Waals surface area contributed by atoms with Crippen molar-refractivity contribution in [3.8, 4) is 0 Å². The summed E-state index contributed by atoms with van der Waals surface area (Å²) in [5.74, 6) is 0. The topological polar surface area (TPSA) is 18.5 Å². The predicted octanol–water partition coefficient (Wildman–Crippen LogP) is 3.71. The van der Waals surface area contributed by atoms with Gasteiger partial charge in [-0.25, -0.2) is 0 Å². The molecule has 0 saturated carbocycles. The van der Waals surface area contributed by atoms with Gasteiger partial charge in [0.05, 0.1) is 0 Å². The van der Waals surface area contributed by atoms with Gasteiger partial charge >= 0.3 is 166 Å². The molecule has 0 aromatic heterocycles. The minimum atomic E-state index is -3.76. The third kappa shape index (κ3) is 4.03. The second-order valence-corrected chi connectivity index (χ2v) is 16.2. The second-order valence-electron chi connectivity index (χ2n) is 6.86. The molecule has 2 nitrogen and oxygen atoms in total. The summed E-state index contributed by atoms with van der Waals surface area (Å²) >= 11 is -3.76. The van der Waals surface area contributed by atoms with Crippen LogP contribution in [-0.4, -0.2) is 24.9 Å². The molecule has 0 heterocycles. The van der Waals surface area contributed by atoms with Gasteiger partial charge in [0.25, 0.3) is 0 Å². The van der Waals surface area contributed by atoms with Crippen LogP contribution in [0, 0.1) is 0 Å². The van der Waals surface area contributed by atoms with E-state index in [4.69, 9.17) is 8.11 Å². The average molecular weight is 463 g/mol. The van der Waals surface area contributed by atoms with E-state index >= 15 is 0 Å². The summed E-state index contributed by atoms with van der Waals surface area (Å²) in [4.78, 5) is 6.12. The van der Waals surface area contributed by atoms with Gasteiger partial charge in [-0.1, -0.05) is 0 Å². The number of hydrogen-bond donors (Lipinski definition) is 0. The van der Waals surface area contributed by atoms with Crippen LogP contribution in [0.5, 0.6) is 0 Å². The number of rotatable bonds is 6. The Kier molecular flexibility index (Phi) is 6.07. The van der Waals surface area contributed by atoms with Crippen LogP contribution in [0.4, 0.5) is 0 Å². The van der Waals surface area contributed by atoms with Gasteiger partial charge in [0.1, 0.15) is 0 Å². The van der Waals surface area contributed by atoms with Crippen LogP contribution in [0.25, 0.3) is 0 Å². The van der Waals surface area contributed by atoms with E-state index in [9.17, 15) is 0 Å². The Labute approximate surface area is 165 Å². The molecule has 1 unspecified atom stereocenters. The third-order valence-corrected chi connectivity index (χ3v) is 15.9. The van der Waals surface area contributed by atoms with Gasteiger partial charge in [-0.05, 0) is 0 Å². The second kappa shape index (κ2) is 8.87. The first-order valence-electron chi connectivity index (χ1n) is 9.57. The molecular formula is C24H24O2Sn. The SMILES string of the molecule is C1=CC(O[O][Sn]([c]2ccccc2)([c]2ccccc2)[c]2ccccc2)CCC1. The van der Waals surface area contributed by atoms with Crippen LogP contribution in [-0.2, 0) is 8.11 Å². The number of hydrogen-bond acceptors (Lipinski definition) is 2. The van der Waals surface area contributed by atoms with Crippen LogP contribution in [0.1, 0.15) is 19.3 Å². The van der Waals surface area contributed by atoms with Crippen molar-refractivity contribution in [2.24, 2.45) is 0 Å².